The van der Waals surface area contributed by atoms with Gasteiger partial charge < -0.3 is 10.1 Å². The SMILES string of the molecule is N#Cc1nc(NCC2CCCCO2)ccc1[N+](=O)[O-]. The summed E-state index contributed by atoms with van der Waals surface area (Å²) in [4.78, 5) is 14.0. The molecule has 1 N–H and O–H groups in total. The summed E-state index contributed by atoms with van der Waals surface area (Å²) in [5, 5.41) is 22.6. The average molecular weight is 262 g/mol. The summed E-state index contributed by atoms with van der Waals surface area (Å²) in [7, 11) is 0. The Kier molecular flexibility index (Phi) is 4.26. The number of ether oxygens (including phenoxy) is 1. The minimum atomic E-state index is -0.612. The maximum atomic E-state index is 10.7. The molecular weight excluding hydrogens is 248 g/mol. The number of nitriles is 1. The van der Waals surface area contributed by atoms with E-state index in [2.05, 4.69) is 10.3 Å². The van der Waals surface area contributed by atoms with Crippen LogP contribution in [0, 0.1) is 21.4 Å². The zero-order valence-corrected chi connectivity index (χ0v) is 10.3. The number of nitrogens with zero attached hydrogens (tertiary/aromatic N) is 3. The summed E-state index contributed by atoms with van der Waals surface area (Å²) in [6.07, 6.45) is 3.36. The molecule has 7 heteroatoms. The summed E-state index contributed by atoms with van der Waals surface area (Å²) in [5.74, 6) is 0.455. The Labute approximate surface area is 110 Å². The molecule has 0 amide bonds. The second kappa shape index (κ2) is 6.11. The molecule has 1 aromatic heterocycles. The van der Waals surface area contributed by atoms with Gasteiger partial charge in [-0.05, 0) is 25.3 Å². The van der Waals surface area contributed by atoms with Crippen LogP contribution in [0.3, 0.4) is 0 Å². The first-order valence-electron chi connectivity index (χ1n) is 6.11. The van der Waals surface area contributed by atoms with Crippen molar-refractivity contribution in [3.63, 3.8) is 0 Å². The van der Waals surface area contributed by atoms with Gasteiger partial charge in [0.15, 0.2) is 0 Å². The van der Waals surface area contributed by atoms with Gasteiger partial charge in [-0.1, -0.05) is 0 Å². The molecule has 1 aliphatic heterocycles. The van der Waals surface area contributed by atoms with E-state index in [1.807, 2.05) is 0 Å². The second-order valence-corrected chi connectivity index (χ2v) is 4.30. The third-order valence-electron chi connectivity index (χ3n) is 2.96. The van der Waals surface area contributed by atoms with Gasteiger partial charge in [-0.3, -0.25) is 10.1 Å². The normalized spacial score (nSPS) is 18.6. The molecule has 100 valence electrons. The number of hydrogen-bond donors (Lipinski definition) is 1. The van der Waals surface area contributed by atoms with Crippen molar-refractivity contribution >= 4 is 11.5 Å². The third kappa shape index (κ3) is 3.39. The first-order chi connectivity index (χ1) is 9.20. The van der Waals surface area contributed by atoms with Gasteiger partial charge in [-0.2, -0.15) is 5.26 Å². The predicted molar refractivity (Wildman–Crippen MR) is 67.7 cm³/mol. The number of rotatable bonds is 4. The Balaban J connectivity index is 2.01. The largest absolute Gasteiger partial charge is 0.376 e. The molecule has 1 aliphatic rings. The van der Waals surface area contributed by atoms with Crippen LogP contribution in [0.15, 0.2) is 12.1 Å². The van der Waals surface area contributed by atoms with Crippen LogP contribution in [-0.2, 0) is 4.74 Å². The quantitative estimate of drug-likeness (QED) is 0.656. The topological polar surface area (TPSA) is 101 Å². The van der Waals surface area contributed by atoms with Crippen LogP contribution in [0.25, 0.3) is 0 Å². The monoisotopic (exact) mass is 262 g/mol. The van der Waals surface area contributed by atoms with Gasteiger partial charge in [0.25, 0.3) is 0 Å². The molecule has 0 aromatic carbocycles. The third-order valence-corrected chi connectivity index (χ3v) is 2.96. The Morgan fingerprint density at radius 2 is 2.42 bits per heavy atom. The van der Waals surface area contributed by atoms with Gasteiger partial charge in [-0.25, -0.2) is 4.98 Å². The molecule has 7 nitrogen and oxygen atoms in total. The van der Waals surface area contributed by atoms with Crippen LogP contribution in [-0.4, -0.2) is 29.2 Å². The van der Waals surface area contributed by atoms with Crippen molar-refractivity contribution in [3.8, 4) is 6.07 Å². The lowest BCUT2D eigenvalue weighted by Crippen LogP contribution is -2.27. The van der Waals surface area contributed by atoms with Gasteiger partial charge in [0.05, 0.1) is 11.0 Å². The fourth-order valence-electron chi connectivity index (χ4n) is 1.97. The van der Waals surface area contributed by atoms with Crippen LogP contribution >= 0.6 is 0 Å². The maximum Gasteiger partial charge on any atom is 0.305 e. The molecule has 1 fully saturated rings. The molecule has 0 bridgehead atoms. The van der Waals surface area contributed by atoms with Crippen LogP contribution in [0.4, 0.5) is 11.5 Å². The molecule has 0 saturated carbocycles. The smallest absolute Gasteiger partial charge is 0.305 e. The summed E-state index contributed by atoms with van der Waals surface area (Å²) in [5.41, 5.74) is -0.457. The predicted octanol–water partition coefficient (Wildman–Crippen LogP) is 1.84. The highest BCUT2D eigenvalue weighted by molar-refractivity contribution is 5.50. The van der Waals surface area contributed by atoms with E-state index in [9.17, 15) is 10.1 Å². The van der Waals surface area contributed by atoms with Gasteiger partial charge >= 0.3 is 5.69 Å². The molecule has 0 aliphatic carbocycles. The van der Waals surface area contributed by atoms with Crippen molar-refractivity contribution in [3.05, 3.63) is 27.9 Å². The molecule has 19 heavy (non-hydrogen) atoms. The molecule has 2 heterocycles. The number of anilines is 1. The van der Waals surface area contributed by atoms with E-state index in [1.54, 1.807) is 6.07 Å². The Morgan fingerprint density at radius 3 is 3.05 bits per heavy atom. The minimum Gasteiger partial charge on any atom is -0.376 e. The van der Waals surface area contributed by atoms with E-state index in [-0.39, 0.29) is 17.5 Å². The van der Waals surface area contributed by atoms with Crippen LogP contribution in [0.2, 0.25) is 0 Å². The van der Waals surface area contributed by atoms with Crippen molar-refractivity contribution in [1.82, 2.24) is 4.98 Å². The molecular formula is C12H14N4O3. The van der Waals surface area contributed by atoms with Gasteiger partial charge in [0.1, 0.15) is 11.9 Å². The van der Waals surface area contributed by atoms with Gasteiger partial charge in [-0.15, -0.1) is 0 Å². The van der Waals surface area contributed by atoms with E-state index in [0.717, 1.165) is 25.9 Å². The lowest BCUT2D eigenvalue weighted by Gasteiger charge is -2.22. The van der Waals surface area contributed by atoms with E-state index < -0.39 is 4.92 Å². The minimum absolute atomic E-state index is 0.135. The standard InChI is InChI=1S/C12H14N4O3/c13-7-10-11(16(17)18)4-5-12(15-10)14-8-9-3-1-2-6-19-9/h4-5,9H,1-3,6,8H2,(H,14,15). The van der Waals surface area contributed by atoms with Crippen molar-refractivity contribution in [2.75, 3.05) is 18.5 Å². The van der Waals surface area contributed by atoms with Gasteiger partial charge in [0.2, 0.25) is 5.69 Å². The fraction of sp³-hybridized carbons (Fsp3) is 0.500. The number of aromatic nitrogens is 1. The number of nitro groups is 1. The molecule has 1 atom stereocenters. The van der Waals surface area contributed by atoms with Crippen LogP contribution in [0.5, 0.6) is 0 Å². The van der Waals surface area contributed by atoms with E-state index >= 15 is 0 Å². The summed E-state index contributed by atoms with van der Waals surface area (Å²) >= 11 is 0. The molecule has 1 aromatic rings. The first-order valence-corrected chi connectivity index (χ1v) is 6.11. The van der Waals surface area contributed by atoms with Crippen molar-refractivity contribution in [1.29, 1.82) is 5.26 Å². The number of hydrogen-bond acceptors (Lipinski definition) is 6. The highest BCUT2D eigenvalue weighted by Gasteiger charge is 2.17. The Hall–Kier alpha value is -2.20. The molecule has 1 saturated heterocycles. The lowest BCUT2D eigenvalue weighted by atomic mass is 10.1. The zero-order valence-electron chi connectivity index (χ0n) is 10.3. The Bertz CT molecular complexity index is 506. The van der Waals surface area contributed by atoms with E-state index in [0.29, 0.717) is 12.4 Å². The highest BCUT2D eigenvalue weighted by atomic mass is 16.6. The fourth-order valence-corrected chi connectivity index (χ4v) is 1.97. The van der Waals surface area contributed by atoms with Crippen molar-refractivity contribution in [2.45, 2.75) is 25.4 Å². The number of pyridine rings is 1. The van der Waals surface area contributed by atoms with E-state index in [4.69, 9.17) is 10.00 Å². The first kappa shape index (κ1) is 13.2. The molecule has 2 rings (SSSR count). The van der Waals surface area contributed by atoms with Crippen molar-refractivity contribution in [2.24, 2.45) is 0 Å². The maximum absolute atomic E-state index is 10.7. The highest BCUT2D eigenvalue weighted by Crippen LogP contribution is 2.19. The number of nitrogens with one attached hydrogen (secondary N) is 1. The molecule has 1 unspecified atom stereocenters. The second-order valence-electron chi connectivity index (χ2n) is 4.30. The van der Waals surface area contributed by atoms with Crippen LogP contribution in [0.1, 0.15) is 25.0 Å². The molecule has 0 radical (unpaired) electrons. The van der Waals surface area contributed by atoms with Crippen molar-refractivity contribution < 1.29 is 9.66 Å². The lowest BCUT2D eigenvalue weighted by molar-refractivity contribution is -0.385. The Morgan fingerprint density at radius 1 is 1.58 bits per heavy atom. The van der Waals surface area contributed by atoms with E-state index in [1.165, 1.54) is 12.1 Å². The van der Waals surface area contributed by atoms with Gasteiger partial charge in [0, 0.05) is 19.2 Å². The summed E-state index contributed by atoms with van der Waals surface area (Å²) in [6, 6.07) is 4.52. The molecule has 0 spiro atoms. The summed E-state index contributed by atoms with van der Waals surface area (Å²) in [6.45, 7) is 1.36. The summed E-state index contributed by atoms with van der Waals surface area (Å²) < 4.78 is 5.55. The zero-order chi connectivity index (χ0) is 13.7. The average Bonchev–Trinajstić information content (AvgIpc) is 2.45. The van der Waals surface area contributed by atoms with Crippen LogP contribution < -0.4 is 5.32 Å².